The first-order valence-electron chi connectivity index (χ1n) is 4.82. The summed E-state index contributed by atoms with van der Waals surface area (Å²) in [7, 11) is 0. The van der Waals surface area contributed by atoms with Gasteiger partial charge in [-0.05, 0) is 25.5 Å². The number of rotatable bonds is 1. The van der Waals surface area contributed by atoms with Crippen molar-refractivity contribution in [3.63, 3.8) is 0 Å². The number of hydrogen-bond acceptors (Lipinski definition) is 4. The molecule has 1 aromatic carbocycles. The van der Waals surface area contributed by atoms with Crippen molar-refractivity contribution in [3.8, 4) is 0 Å². The molecule has 2 rings (SSSR count). The van der Waals surface area contributed by atoms with E-state index >= 15 is 0 Å². The average molecular weight is 235 g/mol. The van der Waals surface area contributed by atoms with E-state index in [9.17, 15) is 19.7 Å². The average Bonchev–Trinajstić information content (AvgIpc) is 2.23. The molecule has 17 heavy (non-hydrogen) atoms. The largest absolute Gasteiger partial charge is 0.316 e. The zero-order valence-electron chi connectivity index (χ0n) is 9.16. The molecule has 0 saturated heterocycles. The quantitative estimate of drug-likeness (QED) is 0.431. The minimum absolute atomic E-state index is 0.0442. The van der Waals surface area contributed by atoms with Gasteiger partial charge in [-0.1, -0.05) is 0 Å². The molecule has 2 aromatic rings. The van der Waals surface area contributed by atoms with Crippen molar-refractivity contribution in [2.75, 3.05) is 0 Å². The fourth-order valence-corrected chi connectivity index (χ4v) is 1.70. The molecule has 7 heteroatoms. The summed E-state index contributed by atoms with van der Waals surface area (Å²) in [4.78, 5) is 37.3. The fraction of sp³-hybridized carbons (Fsp3) is 0.200. The number of aromatic nitrogens is 2. The molecule has 0 unspecified atom stereocenters. The highest BCUT2D eigenvalue weighted by Crippen LogP contribution is 2.27. The monoisotopic (exact) mass is 235 g/mol. The third-order valence-electron chi connectivity index (χ3n) is 2.69. The zero-order valence-corrected chi connectivity index (χ0v) is 9.16. The summed E-state index contributed by atoms with van der Waals surface area (Å²) in [5, 5.41) is 11.0. The number of aromatic amines is 2. The van der Waals surface area contributed by atoms with Crippen LogP contribution in [-0.4, -0.2) is 14.9 Å². The number of fused-ring (bicyclic) bond motifs is 1. The standard InChI is InChI=1S/C10H9N3O4/c1-4-3-6-7(8(5(4)2)13(16)17)12-10(15)9(14)11-6/h3H,1-2H3,(H,11,14)(H,12,15). The van der Waals surface area contributed by atoms with Gasteiger partial charge in [0.15, 0.2) is 0 Å². The third kappa shape index (κ3) is 1.61. The molecule has 0 radical (unpaired) electrons. The van der Waals surface area contributed by atoms with E-state index in [-0.39, 0.29) is 16.7 Å². The van der Waals surface area contributed by atoms with E-state index < -0.39 is 16.0 Å². The number of aryl methyl sites for hydroxylation is 1. The summed E-state index contributed by atoms with van der Waals surface area (Å²) >= 11 is 0. The van der Waals surface area contributed by atoms with E-state index in [4.69, 9.17) is 0 Å². The van der Waals surface area contributed by atoms with Crippen molar-refractivity contribution < 1.29 is 4.92 Å². The third-order valence-corrected chi connectivity index (χ3v) is 2.69. The SMILES string of the molecule is Cc1cc2[nH]c(=O)c(=O)[nH]c2c([N+](=O)[O-])c1C. The van der Waals surface area contributed by atoms with Gasteiger partial charge in [0, 0.05) is 5.56 Å². The molecule has 1 aromatic heterocycles. The molecular weight excluding hydrogens is 226 g/mol. The summed E-state index contributed by atoms with van der Waals surface area (Å²) in [5.41, 5.74) is -0.476. The van der Waals surface area contributed by atoms with Gasteiger partial charge in [-0.3, -0.25) is 19.7 Å². The van der Waals surface area contributed by atoms with Gasteiger partial charge in [-0.25, -0.2) is 0 Å². The first-order valence-corrected chi connectivity index (χ1v) is 4.82. The summed E-state index contributed by atoms with van der Waals surface area (Å²) in [6.45, 7) is 3.29. The highest BCUT2D eigenvalue weighted by molar-refractivity contribution is 5.86. The van der Waals surface area contributed by atoms with E-state index in [2.05, 4.69) is 9.97 Å². The van der Waals surface area contributed by atoms with Crippen LogP contribution >= 0.6 is 0 Å². The van der Waals surface area contributed by atoms with Gasteiger partial charge in [0.2, 0.25) is 0 Å². The summed E-state index contributed by atoms with van der Waals surface area (Å²) in [6.07, 6.45) is 0. The van der Waals surface area contributed by atoms with E-state index in [0.717, 1.165) is 0 Å². The maximum absolute atomic E-state index is 11.2. The highest BCUT2D eigenvalue weighted by atomic mass is 16.6. The number of nitro benzene ring substituents is 1. The van der Waals surface area contributed by atoms with Crippen LogP contribution in [0.2, 0.25) is 0 Å². The van der Waals surface area contributed by atoms with Crippen molar-refractivity contribution in [2.45, 2.75) is 13.8 Å². The molecule has 0 spiro atoms. The first kappa shape index (κ1) is 11.1. The van der Waals surface area contributed by atoms with Crippen LogP contribution in [0.3, 0.4) is 0 Å². The predicted molar refractivity (Wildman–Crippen MR) is 61.3 cm³/mol. The molecular formula is C10H9N3O4. The van der Waals surface area contributed by atoms with Crippen molar-refractivity contribution in [1.82, 2.24) is 9.97 Å². The number of nitro groups is 1. The molecule has 0 aliphatic carbocycles. The molecule has 0 amide bonds. The van der Waals surface area contributed by atoms with Crippen molar-refractivity contribution in [1.29, 1.82) is 0 Å². The lowest BCUT2D eigenvalue weighted by Gasteiger charge is -2.05. The van der Waals surface area contributed by atoms with Crippen LogP contribution in [0.25, 0.3) is 11.0 Å². The van der Waals surface area contributed by atoms with Gasteiger partial charge in [-0.15, -0.1) is 0 Å². The van der Waals surface area contributed by atoms with Crippen molar-refractivity contribution in [3.05, 3.63) is 48.0 Å². The normalized spacial score (nSPS) is 10.7. The fourth-order valence-electron chi connectivity index (χ4n) is 1.70. The van der Waals surface area contributed by atoms with Gasteiger partial charge in [-0.2, -0.15) is 0 Å². The summed E-state index contributed by atoms with van der Waals surface area (Å²) < 4.78 is 0. The van der Waals surface area contributed by atoms with Gasteiger partial charge in [0.25, 0.3) is 5.69 Å². The molecule has 7 nitrogen and oxygen atoms in total. The van der Waals surface area contributed by atoms with Gasteiger partial charge >= 0.3 is 11.1 Å². The Labute approximate surface area is 94.3 Å². The molecule has 2 N–H and O–H groups in total. The molecule has 0 aliphatic heterocycles. The van der Waals surface area contributed by atoms with Crippen LogP contribution in [0.4, 0.5) is 5.69 Å². The van der Waals surface area contributed by atoms with Crippen LogP contribution in [0.5, 0.6) is 0 Å². The van der Waals surface area contributed by atoms with E-state index in [1.165, 1.54) is 0 Å². The molecule has 0 saturated carbocycles. The Bertz CT molecular complexity index is 742. The second kappa shape index (κ2) is 3.55. The molecule has 88 valence electrons. The topological polar surface area (TPSA) is 109 Å². The summed E-state index contributed by atoms with van der Waals surface area (Å²) in [6, 6.07) is 1.59. The Morgan fingerprint density at radius 1 is 1.18 bits per heavy atom. The lowest BCUT2D eigenvalue weighted by Crippen LogP contribution is -2.29. The molecule has 0 fully saturated rings. The minimum atomic E-state index is -0.899. The Hall–Kier alpha value is -2.44. The van der Waals surface area contributed by atoms with Gasteiger partial charge in [0.1, 0.15) is 5.52 Å². The minimum Gasteiger partial charge on any atom is -0.316 e. The van der Waals surface area contributed by atoms with Crippen LogP contribution in [-0.2, 0) is 0 Å². The highest BCUT2D eigenvalue weighted by Gasteiger charge is 2.19. The van der Waals surface area contributed by atoms with E-state index in [0.29, 0.717) is 11.1 Å². The first-order chi connectivity index (χ1) is 7.91. The Balaban J connectivity index is 3.09. The lowest BCUT2D eigenvalue weighted by atomic mass is 10.1. The van der Waals surface area contributed by atoms with Gasteiger partial charge < -0.3 is 9.97 Å². The second-order valence-electron chi connectivity index (χ2n) is 3.75. The Morgan fingerprint density at radius 3 is 2.35 bits per heavy atom. The Morgan fingerprint density at radius 2 is 1.76 bits per heavy atom. The van der Waals surface area contributed by atoms with Crippen LogP contribution in [0, 0.1) is 24.0 Å². The summed E-state index contributed by atoms with van der Waals surface area (Å²) in [5.74, 6) is 0. The van der Waals surface area contributed by atoms with Crippen molar-refractivity contribution >= 4 is 16.7 Å². The number of nitrogens with one attached hydrogen (secondary N) is 2. The molecule has 1 heterocycles. The van der Waals surface area contributed by atoms with Gasteiger partial charge in [0.05, 0.1) is 10.4 Å². The number of benzene rings is 1. The second-order valence-corrected chi connectivity index (χ2v) is 3.75. The van der Waals surface area contributed by atoms with E-state index in [1.54, 1.807) is 19.9 Å². The predicted octanol–water partition coefficient (Wildman–Crippen LogP) is 0.741. The molecule has 0 aliphatic rings. The van der Waals surface area contributed by atoms with Crippen LogP contribution in [0.1, 0.15) is 11.1 Å². The maximum atomic E-state index is 11.2. The van der Waals surface area contributed by atoms with E-state index in [1.807, 2.05) is 0 Å². The Kier molecular flexibility index (Phi) is 2.31. The zero-order chi connectivity index (χ0) is 12.7. The maximum Gasteiger partial charge on any atom is 0.314 e. The number of nitrogens with zero attached hydrogens (tertiary/aromatic N) is 1. The molecule has 0 atom stereocenters. The lowest BCUT2D eigenvalue weighted by molar-refractivity contribution is -0.383. The number of H-pyrrole nitrogens is 2. The smallest absolute Gasteiger partial charge is 0.314 e. The molecule has 0 bridgehead atoms. The number of hydrogen-bond donors (Lipinski definition) is 2. The van der Waals surface area contributed by atoms with Crippen molar-refractivity contribution in [2.24, 2.45) is 0 Å². The van der Waals surface area contributed by atoms with Crippen LogP contribution < -0.4 is 11.1 Å². The van der Waals surface area contributed by atoms with Crippen LogP contribution in [0.15, 0.2) is 15.7 Å².